The molecule has 1 N–H and O–H groups in total. The van der Waals surface area contributed by atoms with Gasteiger partial charge in [-0.1, -0.05) is 6.92 Å². The lowest BCUT2D eigenvalue weighted by molar-refractivity contribution is -0.124. The summed E-state index contributed by atoms with van der Waals surface area (Å²) in [5, 5.41) is -0.663. The third-order valence-corrected chi connectivity index (χ3v) is 6.02. The first-order valence-corrected chi connectivity index (χ1v) is 9.31. The highest BCUT2D eigenvalue weighted by atomic mass is 32.2. The molecule has 23 heavy (non-hydrogen) atoms. The number of nitrogens with one attached hydrogen (secondary N) is 1. The van der Waals surface area contributed by atoms with E-state index in [4.69, 9.17) is 4.42 Å². The minimum absolute atomic E-state index is 0.148. The summed E-state index contributed by atoms with van der Waals surface area (Å²) in [6.07, 6.45) is 3.77. The third kappa shape index (κ3) is 3.93. The molecular formula is C15H22N2O5S. The Balaban J connectivity index is 2.15. The van der Waals surface area contributed by atoms with Gasteiger partial charge in [-0.25, -0.2) is 8.42 Å². The van der Waals surface area contributed by atoms with Gasteiger partial charge in [0, 0.05) is 6.54 Å². The van der Waals surface area contributed by atoms with Crippen LogP contribution in [0.1, 0.15) is 50.1 Å². The second-order valence-electron chi connectivity index (χ2n) is 5.72. The molecule has 8 heteroatoms. The fraction of sp³-hybridized carbons (Fsp3) is 0.600. The van der Waals surface area contributed by atoms with Crippen LogP contribution in [0.25, 0.3) is 0 Å². The molecule has 0 aromatic carbocycles. The van der Waals surface area contributed by atoms with Crippen molar-refractivity contribution in [3.8, 4) is 0 Å². The zero-order valence-corrected chi connectivity index (χ0v) is 14.1. The predicted octanol–water partition coefficient (Wildman–Crippen LogP) is 1.52. The van der Waals surface area contributed by atoms with Gasteiger partial charge in [-0.15, -0.1) is 0 Å². The lowest BCUT2D eigenvalue weighted by atomic mass is 10.0. The Kier molecular flexibility index (Phi) is 5.46. The zero-order valence-electron chi connectivity index (χ0n) is 13.3. The number of carbonyl (C=O) groups is 2. The number of amides is 2. The van der Waals surface area contributed by atoms with Crippen LogP contribution < -0.4 is 4.72 Å². The van der Waals surface area contributed by atoms with E-state index in [1.807, 2.05) is 0 Å². The average Bonchev–Trinajstić information content (AvgIpc) is 3.07. The van der Waals surface area contributed by atoms with E-state index in [9.17, 15) is 18.0 Å². The van der Waals surface area contributed by atoms with Crippen LogP contribution >= 0.6 is 0 Å². The van der Waals surface area contributed by atoms with Crippen LogP contribution in [-0.4, -0.2) is 43.0 Å². The molecule has 2 atom stereocenters. The summed E-state index contributed by atoms with van der Waals surface area (Å²) in [5.41, 5.74) is 0. The maximum Gasteiger partial charge on any atom is 0.290 e. The Labute approximate surface area is 136 Å². The van der Waals surface area contributed by atoms with E-state index in [0.29, 0.717) is 19.4 Å². The molecule has 1 saturated heterocycles. The molecule has 1 aliphatic rings. The van der Waals surface area contributed by atoms with Crippen molar-refractivity contribution in [2.75, 3.05) is 6.54 Å². The van der Waals surface area contributed by atoms with Crippen LogP contribution in [0.3, 0.4) is 0 Å². The number of sulfonamides is 1. The van der Waals surface area contributed by atoms with Crippen molar-refractivity contribution < 1.29 is 22.4 Å². The standard InChI is InChI=1S/C15H22N2O5S/c1-3-11(2)23(20,21)16-14(18)12-7-4-5-9-17(12)15(19)13-8-6-10-22-13/h6,8,10-12H,3-5,7,9H2,1-2H3,(H,16,18). The number of carbonyl (C=O) groups excluding carboxylic acids is 2. The van der Waals surface area contributed by atoms with Gasteiger partial charge in [0.05, 0.1) is 11.5 Å². The second kappa shape index (κ2) is 7.16. The van der Waals surface area contributed by atoms with Crippen molar-refractivity contribution in [2.45, 2.75) is 50.8 Å². The van der Waals surface area contributed by atoms with Gasteiger partial charge in [0.2, 0.25) is 10.0 Å². The monoisotopic (exact) mass is 342 g/mol. The Hall–Kier alpha value is -1.83. The molecule has 0 aliphatic carbocycles. The molecule has 1 fully saturated rings. The first-order chi connectivity index (χ1) is 10.9. The van der Waals surface area contributed by atoms with Gasteiger partial charge >= 0.3 is 0 Å². The first kappa shape index (κ1) is 17.5. The van der Waals surface area contributed by atoms with Crippen molar-refractivity contribution >= 4 is 21.8 Å². The van der Waals surface area contributed by atoms with Gasteiger partial charge in [0.25, 0.3) is 11.8 Å². The largest absolute Gasteiger partial charge is 0.459 e. The number of piperidine rings is 1. The summed E-state index contributed by atoms with van der Waals surface area (Å²) in [4.78, 5) is 26.2. The fourth-order valence-corrected chi connectivity index (χ4v) is 3.57. The molecule has 2 rings (SSSR count). The number of hydrogen-bond donors (Lipinski definition) is 1. The Morgan fingerprint density at radius 2 is 2.17 bits per heavy atom. The topological polar surface area (TPSA) is 96.7 Å². The van der Waals surface area contributed by atoms with Crippen LogP contribution in [0.4, 0.5) is 0 Å². The summed E-state index contributed by atoms with van der Waals surface area (Å²) in [6.45, 7) is 3.69. The average molecular weight is 342 g/mol. The number of hydrogen-bond acceptors (Lipinski definition) is 5. The van der Waals surface area contributed by atoms with Crippen molar-refractivity contribution in [3.05, 3.63) is 24.2 Å². The minimum Gasteiger partial charge on any atom is -0.459 e. The molecule has 7 nitrogen and oxygen atoms in total. The van der Waals surface area contributed by atoms with Crippen LogP contribution in [0, 0.1) is 0 Å². The molecule has 0 radical (unpaired) electrons. The highest BCUT2D eigenvalue weighted by Gasteiger charge is 2.36. The molecule has 0 spiro atoms. The Morgan fingerprint density at radius 3 is 2.78 bits per heavy atom. The van der Waals surface area contributed by atoms with Gasteiger partial charge < -0.3 is 9.32 Å². The molecule has 128 valence electrons. The fourth-order valence-electron chi connectivity index (χ4n) is 2.52. The van der Waals surface area contributed by atoms with Crippen LogP contribution in [0.15, 0.2) is 22.8 Å². The maximum absolute atomic E-state index is 12.4. The van der Waals surface area contributed by atoms with E-state index < -0.39 is 33.1 Å². The number of furan rings is 1. The van der Waals surface area contributed by atoms with Crippen molar-refractivity contribution in [2.24, 2.45) is 0 Å². The van der Waals surface area contributed by atoms with Crippen molar-refractivity contribution in [1.29, 1.82) is 0 Å². The quantitative estimate of drug-likeness (QED) is 0.875. The van der Waals surface area contributed by atoms with E-state index >= 15 is 0 Å². The van der Waals surface area contributed by atoms with E-state index in [2.05, 4.69) is 4.72 Å². The van der Waals surface area contributed by atoms with Crippen molar-refractivity contribution in [1.82, 2.24) is 9.62 Å². The molecule has 1 aliphatic heterocycles. The van der Waals surface area contributed by atoms with Crippen LogP contribution in [-0.2, 0) is 14.8 Å². The molecule has 2 heterocycles. The normalized spacial score (nSPS) is 20.1. The van der Waals surface area contributed by atoms with Gasteiger partial charge in [-0.3, -0.25) is 14.3 Å². The number of likely N-dealkylation sites (tertiary alicyclic amines) is 1. The van der Waals surface area contributed by atoms with Gasteiger partial charge in [0.15, 0.2) is 5.76 Å². The highest BCUT2D eigenvalue weighted by Crippen LogP contribution is 2.20. The third-order valence-electron chi connectivity index (χ3n) is 4.15. The molecule has 1 aromatic rings. The number of nitrogens with zero attached hydrogens (tertiary/aromatic N) is 1. The predicted molar refractivity (Wildman–Crippen MR) is 84.2 cm³/mol. The van der Waals surface area contributed by atoms with Crippen molar-refractivity contribution in [3.63, 3.8) is 0 Å². The zero-order chi connectivity index (χ0) is 17.0. The van der Waals surface area contributed by atoms with Gasteiger partial charge in [-0.05, 0) is 44.7 Å². The number of rotatable bonds is 5. The molecule has 0 bridgehead atoms. The summed E-state index contributed by atoms with van der Waals surface area (Å²) >= 11 is 0. The Bertz CT molecular complexity index is 653. The lowest BCUT2D eigenvalue weighted by Crippen LogP contribution is -2.53. The summed E-state index contributed by atoms with van der Waals surface area (Å²) in [6, 6.07) is 2.33. The van der Waals surface area contributed by atoms with Crippen LogP contribution in [0.2, 0.25) is 0 Å². The van der Waals surface area contributed by atoms with Gasteiger partial charge in [-0.2, -0.15) is 0 Å². The summed E-state index contributed by atoms with van der Waals surface area (Å²) in [5.74, 6) is -0.893. The summed E-state index contributed by atoms with van der Waals surface area (Å²) in [7, 11) is -3.72. The smallest absolute Gasteiger partial charge is 0.290 e. The lowest BCUT2D eigenvalue weighted by Gasteiger charge is -2.34. The molecule has 2 unspecified atom stereocenters. The molecule has 0 saturated carbocycles. The van der Waals surface area contributed by atoms with E-state index in [1.54, 1.807) is 19.9 Å². The van der Waals surface area contributed by atoms with Crippen LogP contribution in [0.5, 0.6) is 0 Å². The minimum atomic E-state index is -3.72. The summed E-state index contributed by atoms with van der Waals surface area (Å²) < 4.78 is 31.3. The SMILES string of the molecule is CCC(C)S(=O)(=O)NC(=O)C1CCCCN1C(=O)c1ccco1. The molecule has 2 amide bonds. The maximum atomic E-state index is 12.4. The Morgan fingerprint density at radius 1 is 1.43 bits per heavy atom. The van der Waals surface area contributed by atoms with E-state index in [-0.39, 0.29) is 5.76 Å². The van der Waals surface area contributed by atoms with Gasteiger partial charge in [0.1, 0.15) is 6.04 Å². The second-order valence-corrected chi connectivity index (χ2v) is 7.82. The molecule has 1 aromatic heterocycles. The highest BCUT2D eigenvalue weighted by molar-refractivity contribution is 7.90. The molecular weight excluding hydrogens is 320 g/mol. The first-order valence-electron chi connectivity index (χ1n) is 7.76. The van der Waals surface area contributed by atoms with E-state index in [1.165, 1.54) is 17.2 Å². The van der Waals surface area contributed by atoms with E-state index in [0.717, 1.165) is 12.8 Å².